The zero-order chi connectivity index (χ0) is 19.8. The van der Waals surface area contributed by atoms with Crippen LogP contribution in [0.25, 0.3) is 0 Å². The van der Waals surface area contributed by atoms with Crippen molar-refractivity contribution in [3.63, 3.8) is 0 Å². The predicted molar refractivity (Wildman–Crippen MR) is 106 cm³/mol. The summed E-state index contributed by atoms with van der Waals surface area (Å²) in [5.41, 5.74) is 4.19. The molecule has 0 aliphatic carbocycles. The summed E-state index contributed by atoms with van der Waals surface area (Å²) >= 11 is 0. The second-order valence-corrected chi connectivity index (χ2v) is 6.65. The summed E-state index contributed by atoms with van der Waals surface area (Å²) in [6, 6.07) is 13.1. The molecule has 27 heavy (non-hydrogen) atoms. The van der Waals surface area contributed by atoms with E-state index in [1.807, 2.05) is 68.3 Å². The highest BCUT2D eigenvalue weighted by molar-refractivity contribution is 5.95. The third kappa shape index (κ3) is 6.42. The summed E-state index contributed by atoms with van der Waals surface area (Å²) in [7, 11) is 3.50. The molecule has 144 valence electrons. The Labute approximate surface area is 160 Å². The van der Waals surface area contributed by atoms with Crippen LogP contribution in [0.2, 0.25) is 0 Å². The van der Waals surface area contributed by atoms with Gasteiger partial charge in [0, 0.05) is 13.1 Å². The lowest BCUT2D eigenvalue weighted by atomic mass is 10.1. The number of aryl methyl sites for hydroxylation is 2. The second-order valence-electron chi connectivity index (χ2n) is 6.65. The molecule has 0 saturated heterocycles. The number of benzene rings is 2. The number of methoxy groups -OCH3 is 1. The summed E-state index contributed by atoms with van der Waals surface area (Å²) in [5.74, 6) is 0.541. The minimum atomic E-state index is -0.492. The molecule has 0 spiro atoms. The van der Waals surface area contributed by atoms with Gasteiger partial charge in [-0.2, -0.15) is 0 Å². The van der Waals surface area contributed by atoms with E-state index in [-0.39, 0.29) is 12.5 Å². The molecule has 0 aromatic heterocycles. The number of imide groups is 1. The molecule has 3 amide bonds. The minimum absolute atomic E-state index is 0.128. The minimum Gasteiger partial charge on any atom is -0.496 e. The van der Waals surface area contributed by atoms with Gasteiger partial charge in [-0.1, -0.05) is 42.5 Å². The Bertz CT molecular complexity index is 768. The Morgan fingerprint density at radius 3 is 2.26 bits per heavy atom. The Morgan fingerprint density at radius 1 is 1.04 bits per heavy atom. The number of urea groups is 1. The quantitative estimate of drug-likeness (QED) is 0.787. The molecule has 0 fully saturated rings. The molecular weight excluding hydrogens is 342 g/mol. The van der Waals surface area contributed by atoms with Crippen LogP contribution in [0.15, 0.2) is 42.5 Å². The van der Waals surface area contributed by atoms with Crippen molar-refractivity contribution in [1.29, 1.82) is 0 Å². The average molecular weight is 369 g/mol. The number of carbonyl (C=O) groups excluding carboxylic acids is 2. The van der Waals surface area contributed by atoms with Crippen molar-refractivity contribution in [1.82, 2.24) is 15.5 Å². The van der Waals surface area contributed by atoms with Gasteiger partial charge < -0.3 is 10.1 Å². The second kappa shape index (κ2) is 9.73. The standard InChI is InChI=1S/C21H27N3O3/c1-15-10-18(11-16(2)20(15)27-4)13-24(3)14-19(25)23-21(26)22-12-17-8-6-5-7-9-17/h5-11H,12-14H2,1-4H3,(H2,22,23,25,26). The molecule has 0 radical (unpaired) electrons. The molecule has 2 N–H and O–H groups in total. The van der Waals surface area contributed by atoms with E-state index in [9.17, 15) is 9.59 Å². The van der Waals surface area contributed by atoms with E-state index in [1.54, 1.807) is 7.11 Å². The Kier molecular flexibility index (Phi) is 7.37. The van der Waals surface area contributed by atoms with Gasteiger partial charge in [0.1, 0.15) is 5.75 Å². The first kappa shape index (κ1) is 20.5. The third-order valence-electron chi connectivity index (χ3n) is 4.14. The van der Waals surface area contributed by atoms with E-state index in [4.69, 9.17) is 4.74 Å². The molecule has 2 aromatic rings. The maximum absolute atomic E-state index is 12.1. The van der Waals surface area contributed by atoms with Gasteiger partial charge in [-0.15, -0.1) is 0 Å². The fourth-order valence-electron chi connectivity index (χ4n) is 3.05. The first-order valence-electron chi connectivity index (χ1n) is 8.83. The van der Waals surface area contributed by atoms with Crippen molar-refractivity contribution in [2.45, 2.75) is 26.9 Å². The first-order valence-corrected chi connectivity index (χ1v) is 8.83. The topological polar surface area (TPSA) is 70.7 Å². The van der Waals surface area contributed by atoms with E-state index in [0.717, 1.165) is 28.0 Å². The molecule has 0 atom stereocenters. The van der Waals surface area contributed by atoms with E-state index in [2.05, 4.69) is 10.6 Å². The van der Waals surface area contributed by atoms with Crippen molar-refractivity contribution in [2.75, 3.05) is 20.7 Å². The van der Waals surface area contributed by atoms with Crippen LogP contribution < -0.4 is 15.4 Å². The number of ether oxygens (including phenoxy) is 1. The summed E-state index contributed by atoms with van der Waals surface area (Å²) in [6.45, 7) is 5.10. The van der Waals surface area contributed by atoms with Crippen LogP contribution in [-0.4, -0.2) is 37.5 Å². The van der Waals surface area contributed by atoms with Crippen LogP contribution in [-0.2, 0) is 17.9 Å². The Morgan fingerprint density at radius 2 is 1.67 bits per heavy atom. The average Bonchev–Trinajstić information content (AvgIpc) is 2.60. The van der Waals surface area contributed by atoms with Gasteiger partial charge in [0.15, 0.2) is 0 Å². The van der Waals surface area contributed by atoms with Gasteiger partial charge in [0.05, 0.1) is 13.7 Å². The summed E-state index contributed by atoms with van der Waals surface area (Å²) in [5, 5.41) is 5.03. The Hall–Kier alpha value is -2.86. The van der Waals surface area contributed by atoms with Crippen LogP contribution in [0.1, 0.15) is 22.3 Å². The van der Waals surface area contributed by atoms with E-state index in [1.165, 1.54) is 0 Å². The molecule has 0 saturated carbocycles. The molecule has 0 aliphatic heterocycles. The highest BCUT2D eigenvalue weighted by Crippen LogP contribution is 2.24. The number of likely N-dealkylation sites (N-methyl/N-ethyl adjacent to an activating group) is 1. The molecule has 2 rings (SSSR count). The van der Waals surface area contributed by atoms with Crippen molar-refractivity contribution in [2.24, 2.45) is 0 Å². The van der Waals surface area contributed by atoms with Gasteiger partial charge in [-0.3, -0.25) is 15.0 Å². The van der Waals surface area contributed by atoms with Crippen molar-refractivity contribution in [3.05, 3.63) is 64.7 Å². The van der Waals surface area contributed by atoms with Crippen molar-refractivity contribution in [3.8, 4) is 5.75 Å². The van der Waals surface area contributed by atoms with Gasteiger partial charge in [0.2, 0.25) is 5.91 Å². The number of carbonyl (C=O) groups is 2. The molecule has 2 aromatic carbocycles. The predicted octanol–water partition coefficient (Wildman–Crippen LogP) is 2.77. The molecule has 6 nitrogen and oxygen atoms in total. The fourth-order valence-corrected chi connectivity index (χ4v) is 3.05. The van der Waals surface area contributed by atoms with E-state index >= 15 is 0 Å². The van der Waals surface area contributed by atoms with E-state index < -0.39 is 6.03 Å². The molecule has 0 heterocycles. The van der Waals surface area contributed by atoms with Crippen LogP contribution in [0.3, 0.4) is 0 Å². The maximum Gasteiger partial charge on any atom is 0.321 e. The molecule has 0 unspecified atom stereocenters. The zero-order valence-electron chi connectivity index (χ0n) is 16.3. The third-order valence-corrected chi connectivity index (χ3v) is 4.14. The van der Waals surface area contributed by atoms with Gasteiger partial charge >= 0.3 is 6.03 Å². The van der Waals surface area contributed by atoms with Crippen LogP contribution in [0.4, 0.5) is 4.79 Å². The molecule has 6 heteroatoms. The van der Waals surface area contributed by atoms with Crippen molar-refractivity contribution < 1.29 is 14.3 Å². The molecule has 0 bridgehead atoms. The number of hydrogen-bond donors (Lipinski definition) is 2. The number of nitrogens with one attached hydrogen (secondary N) is 2. The van der Waals surface area contributed by atoms with Gasteiger partial charge in [0.25, 0.3) is 0 Å². The zero-order valence-corrected chi connectivity index (χ0v) is 16.3. The number of amides is 3. The maximum atomic E-state index is 12.1. The SMILES string of the molecule is COc1c(C)cc(CN(C)CC(=O)NC(=O)NCc2ccccc2)cc1C. The fraction of sp³-hybridized carbons (Fsp3) is 0.333. The number of nitrogens with zero attached hydrogens (tertiary/aromatic N) is 1. The highest BCUT2D eigenvalue weighted by atomic mass is 16.5. The van der Waals surface area contributed by atoms with Gasteiger partial charge in [-0.25, -0.2) is 4.79 Å². The van der Waals surface area contributed by atoms with Crippen LogP contribution in [0.5, 0.6) is 5.75 Å². The number of rotatable bonds is 7. The van der Waals surface area contributed by atoms with Gasteiger partial charge in [-0.05, 0) is 43.1 Å². The smallest absolute Gasteiger partial charge is 0.321 e. The Balaban J connectivity index is 1.80. The molecular formula is C21H27N3O3. The monoisotopic (exact) mass is 369 g/mol. The van der Waals surface area contributed by atoms with Crippen molar-refractivity contribution >= 4 is 11.9 Å². The van der Waals surface area contributed by atoms with E-state index in [0.29, 0.717) is 13.1 Å². The van der Waals surface area contributed by atoms with Crippen LogP contribution in [0, 0.1) is 13.8 Å². The summed E-state index contributed by atoms with van der Waals surface area (Å²) < 4.78 is 5.38. The lowest BCUT2D eigenvalue weighted by Gasteiger charge is -2.18. The normalized spacial score (nSPS) is 10.6. The number of hydrogen-bond acceptors (Lipinski definition) is 4. The lowest BCUT2D eigenvalue weighted by Crippen LogP contribution is -2.43. The lowest BCUT2D eigenvalue weighted by molar-refractivity contribution is -0.120. The summed E-state index contributed by atoms with van der Waals surface area (Å²) in [6.07, 6.45) is 0. The first-order chi connectivity index (χ1) is 12.9. The van der Waals surface area contributed by atoms with Crippen LogP contribution >= 0.6 is 0 Å². The summed E-state index contributed by atoms with van der Waals surface area (Å²) in [4.78, 5) is 25.8. The highest BCUT2D eigenvalue weighted by Gasteiger charge is 2.12. The molecule has 0 aliphatic rings. The largest absolute Gasteiger partial charge is 0.496 e.